The Kier molecular flexibility index (Phi) is 6.54. The highest BCUT2D eigenvalue weighted by atomic mass is 32.2. The van der Waals surface area contributed by atoms with E-state index in [9.17, 15) is 13.2 Å². The van der Waals surface area contributed by atoms with Crippen molar-refractivity contribution in [3.63, 3.8) is 0 Å². The van der Waals surface area contributed by atoms with Crippen LogP contribution < -0.4 is 11.1 Å². The molecule has 1 amide bonds. The van der Waals surface area contributed by atoms with Crippen molar-refractivity contribution in [2.24, 2.45) is 0 Å². The smallest absolute Gasteiger partial charge is 0.244 e. The van der Waals surface area contributed by atoms with Gasteiger partial charge < -0.3 is 15.8 Å². The molecule has 0 aliphatic carbocycles. The van der Waals surface area contributed by atoms with Crippen LogP contribution in [0, 0.1) is 0 Å². The lowest BCUT2D eigenvalue weighted by Crippen LogP contribution is -2.40. The van der Waals surface area contributed by atoms with Gasteiger partial charge >= 0.3 is 0 Å². The molecule has 0 saturated carbocycles. The van der Waals surface area contributed by atoms with E-state index < -0.39 is 10.0 Å². The zero-order valence-corrected chi connectivity index (χ0v) is 17.0. The van der Waals surface area contributed by atoms with Gasteiger partial charge in [-0.2, -0.15) is 4.31 Å². The standard InChI is InChI=1S/C16H22N6O4S2/c1-2-27-16-20-19-15(17)22(16)11-14(23)18-12-3-5-13(6-4-12)28(24,25)21-7-9-26-10-8-21/h3-6H,2,7-11H2,1H3,(H2,17,19)(H,18,23). The molecule has 152 valence electrons. The van der Waals surface area contributed by atoms with Gasteiger partial charge in [-0.1, -0.05) is 18.7 Å². The highest BCUT2D eigenvalue weighted by Crippen LogP contribution is 2.20. The highest BCUT2D eigenvalue weighted by molar-refractivity contribution is 7.99. The number of benzene rings is 1. The number of rotatable bonds is 7. The summed E-state index contributed by atoms with van der Waals surface area (Å²) in [4.78, 5) is 12.5. The average Bonchev–Trinajstić information content (AvgIpc) is 3.03. The van der Waals surface area contributed by atoms with Gasteiger partial charge in [0.05, 0.1) is 18.1 Å². The molecule has 10 nitrogen and oxygen atoms in total. The van der Waals surface area contributed by atoms with E-state index in [1.54, 1.807) is 12.1 Å². The molecule has 0 spiro atoms. The minimum Gasteiger partial charge on any atom is -0.379 e. The number of aromatic nitrogens is 3. The molecule has 1 aliphatic rings. The summed E-state index contributed by atoms with van der Waals surface area (Å²) in [5.74, 6) is 0.630. The molecule has 1 aliphatic heterocycles. The van der Waals surface area contributed by atoms with E-state index in [1.165, 1.54) is 32.8 Å². The summed E-state index contributed by atoms with van der Waals surface area (Å²) in [6, 6.07) is 6.07. The SMILES string of the molecule is CCSc1nnc(N)n1CC(=O)Nc1ccc(S(=O)(=O)N2CCOCC2)cc1. The van der Waals surface area contributed by atoms with Crippen LogP contribution in [-0.2, 0) is 26.1 Å². The van der Waals surface area contributed by atoms with Crippen LogP contribution in [0.5, 0.6) is 0 Å². The maximum absolute atomic E-state index is 12.6. The van der Waals surface area contributed by atoms with Crippen LogP contribution in [0.1, 0.15) is 6.92 Å². The Balaban J connectivity index is 1.66. The maximum atomic E-state index is 12.6. The summed E-state index contributed by atoms with van der Waals surface area (Å²) in [6.07, 6.45) is 0. The summed E-state index contributed by atoms with van der Waals surface area (Å²) in [7, 11) is -3.57. The van der Waals surface area contributed by atoms with E-state index in [2.05, 4.69) is 15.5 Å². The van der Waals surface area contributed by atoms with Crippen LogP contribution in [0.15, 0.2) is 34.3 Å². The second-order valence-corrected chi connectivity index (χ2v) is 9.12. The number of morpholine rings is 1. The van der Waals surface area contributed by atoms with E-state index in [1.807, 2.05) is 6.92 Å². The fraction of sp³-hybridized carbons (Fsp3) is 0.438. The molecule has 1 saturated heterocycles. The molecule has 0 radical (unpaired) electrons. The van der Waals surface area contributed by atoms with Crippen molar-refractivity contribution in [3.8, 4) is 0 Å². The van der Waals surface area contributed by atoms with Crippen molar-refractivity contribution in [3.05, 3.63) is 24.3 Å². The first kappa shape index (κ1) is 20.6. The topological polar surface area (TPSA) is 132 Å². The van der Waals surface area contributed by atoms with Gasteiger partial charge in [-0.05, 0) is 30.0 Å². The Morgan fingerprint density at radius 3 is 2.57 bits per heavy atom. The fourth-order valence-corrected chi connectivity index (χ4v) is 4.75. The summed E-state index contributed by atoms with van der Waals surface area (Å²) in [5.41, 5.74) is 6.26. The summed E-state index contributed by atoms with van der Waals surface area (Å²) in [6.45, 7) is 3.37. The van der Waals surface area contributed by atoms with Gasteiger partial charge in [-0.25, -0.2) is 8.42 Å². The number of amides is 1. The molecule has 1 aromatic carbocycles. The molecule has 1 aromatic heterocycles. The number of nitrogen functional groups attached to an aromatic ring is 1. The number of carbonyl (C=O) groups is 1. The quantitative estimate of drug-likeness (QED) is 0.616. The van der Waals surface area contributed by atoms with E-state index in [0.29, 0.717) is 37.1 Å². The van der Waals surface area contributed by atoms with E-state index in [4.69, 9.17) is 10.5 Å². The Morgan fingerprint density at radius 1 is 1.25 bits per heavy atom. The van der Waals surface area contributed by atoms with Crippen LogP contribution in [0.2, 0.25) is 0 Å². The van der Waals surface area contributed by atoms with Gasteiger partial charge in [-0.15, -0.1) is 10.2 Å². The van der Waals surface area contributed by atoms with Crippen LogP contribution >= 0.6 is 11.8 Å². The van der Waals surface area contributed by atoms with Crippen LogP contribution in [0.25, 0.3) is 0 Å². The van der Waals surface area contributed by atoms with Crippen molar-refractivity contribution in [2.75, 3.05) is 43.1 Å². The third-order valence-electron chi connectivity index (χ3n) is 4.07. The second-order valence-electron chi connectivity index (χ2n) is 5.95. The van der Waals surface area contributed by atoms with Crippen LogP contribution in [-0.4, -0.2) is 65.5 Å². The van der Waals surface area contributed by atoms with E-state index >= 15 is 0 Å². The number of sulfonamides is 1. The molecular formula is C16H22N6O4S2. The molecule has 3 rings (SSSR count). The number of nitrogens with two attached hydrogens (primary N) is 1. The highest BCUT2D eigenvalue weighted by Gasteiger charge is 2.26. The van der Waals surface area contributed by atoms with E-state index in [-0.39, 0.29) is 23.3 Å². The Bertz CT molecular complexity index is 923. The van der Waals surface area contributed by atoms with Crippen molar-refractivity contribution < 1.29 is 17.9 Å². The summed E-state index contributed by atoms with van der Waals surface area (Å²) >= 11 is 1.44. The molecule has 3 N–H and O–H groups in total. The Hall–Kier alpha value is -2.15. The summed E-state index contributed by atoms with van der Waals surface area (Å²) in [5, 5.41) is 11.0. The van der Waals surface area contributed by atoms with E-state index in [0.717, 1.165) is 5.75 Å². The number of anilines is 2. The first-order chi connectivity index (χ1) is 13.4. The van der Waals surface area contributed by atoms with Crippen molar-refractivity contribution in [2.45, 2.75) is 23.5 Å². The van der Waals surface area contributed by atoms with Crippen molar-refractivity contribution in [1.82, 2.24) is 19.1 Å². The average molecular weight is 427 g/mol. The fourth-order valence-electron chi connectivity index (χ4n) is 2.67. The third-order valence-corrected chi connectivity index (χ3v) is 6.83. The van der Waals surface area contributed by atoms with Crippen molar-refractivity contribution >= 4 is 39.3 Å². The van der Waals surface area contributed by atoms with Gasteiger partial charge in [0, 0.05) is 18.8 Å². The zero-order valence-electron chi connectivity index (χ0n) is 15.4. The molecule has 0 atom stereocenters. The minimum atomic E-state index is -3.57. The number of hydrogen-bond acceptors (Lipinski definition) is 8. The molecule has 0 bridgehead atoms. The predicted molar refractivity (Wildman–Crippen MR) is 105 cm³/mol. The minimum absolute atomic E-state index is 0.0327. The molecule has 1 fully saturated rings. The number of carbonyl (C=O) groups excluding carboxylic acids is 1. The molecule has 28 heavy (non-hydrogen) atoms. The summed E-state index contributed by atoms with van der Waals surface area (Å²) < 4.78 is 33.4. The Labute approximate surface area is 167 Å². The second kappa shape index (κ2) is 8.90. The van der Waals surface area contributed by atoms with Crippen LogP contribution in [0.3, 0.4) is 0 Å². The number of nitrogens with one attached hydrogen (secondary N) is 1. The first-order valence-corrected chi connectivity index (χ1v) is 11.1. The normalized spacial score (nSPS) is 15.5. The maximum Gasteiger partial charge on any atom is 0.244 e. The first-order valence-electron chi connectivity index (χ1n) is 8.71. The molecule has 0 unspecified atom stereocenters. The van der Waals surface area contributed by atoms with Crippen molar-refractivity contribution in [1.29, 1.82) is 0 Å². The Morgan fingerprint density at radius 2 is 1.93 bits per heavy atom. The molecule has 2 heterocycles. The van der Waals surface area contributed by atoms with Gasteiger partial charge in [0.2, 0.25) is 21.9 Å². The number of hydrogen-bond donors (Lipinski definition) is 2. The third kappa shape index (κ3) is 4.63. The lowest BCUT2D eigenvalue weighted by Gasteiger charge is -2.26. The lowest BCUT2D eigenvalue weighted by molar-refractivity contribution is -0.116. The van der Waals surface area contributed by atoms with Gasteiger partial charge in [-0.3, -0.25) is 9.36 Å². The monoisotopic (exact) mass is 426 g/mol. The molecular weight excluding hydrogens is 404 g/mol. The molecule has 2 aromatic rings. The number of ether oxygens (including phenoxy) is 1. The number of thioether (sulfide) groups is 1. The van der Waals surface area contributed by atoms with Gasteiger partial charge in [0.1, 0.15) is 6.54 Å². The number of nitrogens with zero attached hydrogens (tertiary/aromatic N) is 4. The molecule has 12 heteroatoms. The lowest BCUT2D eigenvalue weighted by atomic mass is 10.3. The largest absolute Gasteiger partial charge is 0.379 e. The predicted octanol–water partition coefficient (Wildman–Crippen LogP) is 0.632. The van der Waals surface area contributed by atoms with Gasteiger partial charge in [0.25, 0.3) is 0 Å². The van der Waals surface area contributed by atoms with Gasteiger partial charge in [0.15, 0.2) is 5.16 Å². The zero-order chi connectivity index (χ0) is 20.1. The van der Waals surface area contributed by atoms with Crippen LogP contribution in [0.4, 0.5) is 11.6 Å².